The zero-order valence-electron chi connectivity index (χ0n) is 17.6. The van der Waals surface area contributed by atoms with Gasteiger partial charge in [-0.25, -0.2) is 4.79 Å². The number of nitrogens with two attached hydrogens (primary N) is 1. The number of hydrogen-bond donors (Lipinski definition) is 2. The molecule has 3 aromatic rings. The Morgan fingerprint density at radius 1 is 1.00 bits per heavy atom. The van der Waals surface area contributed by atoms with Crippen LogP contribution < -0.4 is 25.3 Å². The molecule has 1 atom stereocenters. The van der Waals surface area contributed by atoms with Crippen molar-refractivity contribution >= 4 is 11.0 Å². The summed E-state index contributed by atoms with van der Waals surface area (Å²) in [6.07, 6.45) is 2.57. The molecule has 3 N–H and O–H groups in total. The number of benzene rings is 2. The highest BCUT2D eigenvalue weighted by Gasteiger charge is 2.28. The highest BCUT2D eigenvalue weighted by atomic mass is 16.5. The molecule has 1 aromatic heterocycles. The molecule has 0 spiro atoms. The van der Waals surface area contributed by atoms with E-state index in [4.69, 9.17) is 13.9 Å². The van der Waals surface area contributed by atoms with Crippen LogP contribution in [-0.4, -0.2) is 33.9 Å². The van der Waals surface area contributed by atoms with Gasteiger partial charge < -0.3 is 24.1 Å². The molecule has 1 saturated heterocycles. The Kier molecular flexibility index (Phi) is 6.35. The van der Waals surface area contributed by atoms with Gasteiger partial charge in [-0.1, -0.05) is 0 Å². The SMILES string of the molecule is COc1ccc([C@H](C[NH2+]Cc2cc(=O)oc3cc(OC)ccc23)[NH+]2CCCC2)cc1. The number of likely N-dealkylation sites (tertiary alicyclic amines) is 1. The molecule has 1 aliphatic rings. The molecule has 0 unspecified atom stereocenters. The van der Waals surface area contributed by atoms with Gasteiger partial charge in [0, 0.05) is 41.5 Å². The third-order valence-corrected chi connectivity index (χ3v) is 6.06. The van der Waals surface area contributed by atoms with Crippen molar-refractivity contribution in [2.24, 2.45) is 0 Å². The minimum atomic E-state index is -0.323. The van der Waals surface area contributed by atoms with Crippen LogP contribution in [0.5, 0.6) is 11.5 Å². The third-order valence-electron chi connectivity index (χ3n) is 6.06. The van der Waals surface area contributed by atoms with E-state index < -0.39 is 0 Å². The first-order valence-corrected chi connectivity index (χ1v) is 10.6. The van der Waals surface area contributed by atoms with Crippen LogP contribution in [0.15, 0.2) is 57.7 Å². The van der Waals surface area contributed by atoms with Gasteiger partial charge in [-0.2, -0.15) is 0 Å². The molecule has 0 saturated carbocycles. The lowest BCUT2D eigenvalue weighted by Crippen LogP contribution is -3.13. The van der Waals surface area contributed by atoms with Crippen molar-refractivity contribution in [2.45, 2.75) is 25.4 Å². The summed E-state index contributed by atoms with van der Waals surface area (Å²) in [5, 5.41) is 3.26. The van der Waals surface area contributed by atoms with Gasteiger partial charge in [0.15, 0.2) is 6.04 Å². The van der Waals surface area contributed by atoms with Crippen molar-refractivity contribution in [3.63, 3.8) is 0 Å². The Morgan fingerprint density at radius 3 is 2.40 bits per heavy atom. The van der Waals surface area contributed by atoms with Crippen LogP contribution in [0.3, 0.4) is 0 Å². The number of quaternary nitrogens is 2. The van der Waals surface area contributed by atoms with Gasteiger partial charge >= 0.3 is 5.63 Å². The second kappa shape index (κ2) is 9.32. The number of nitrogens with one attached hydrogen (secondary N) is 1. The highest BCUT2D eigenvalue weighted by molar-refractivity contribution is 5.81. The normalized spacial score (nSPS) is 15.4. The van der Waals surface area contributed by atoms with E-state index in [1.165, 1.54) is 31.5 Å². The molecule has 2 aromatic carbocycles. The van der Waals surface area contributed by atoms with Crippen LogP contribution in [0.2, 0.25) is 0 Å². The minimum absolute atomic E-state index is 0.323. The lowest BCUT2D eigenvalue weighted by atomic mass is 10.0. The molecule has 0 bridgehead atoms. The Labute approximate surface area is 176 Å². The molecule has 4 rings (SSSR count). The summed E-state index contributed by atoms with van der Waals surface area (Å²) in [5.74, 6) is 1.57. The third kappa shape index (κ3) is 4.50. The Bertz CT molecular complexity index is 1040. The van der Waals surface area contributed by atoms with E-state index in [9.17, 15) is 4.79 Å². The predicted molar refractivity (Wildman–Crippen MR) is 115 cm³/mol. The van der Waals surface area contributed by atoms with E-state index >= 15 is 0 Å². The monoisotopic (exact) mass is 410 g/mol. The summed E-state index contributed by atoms with van der Waals surface area (Å²) in [6.45, 7) is 4.11. The second-order valence-corrected chi connectivity index (χ2v) is 7.87. The molecule has 0 aliphatic carbocycles. The maximum atomic E-state index is 12.1. The Morgan fingerprint density at radius 2 is 1.70 bits per heavy atom. The average molecular weight is 411 g/mol. The van der Waals surface area contributed by atoms with Gasteiger partial charge in [-0.05, 0) is 36.4 Å². The second-order valence-electron chi connectivity index (χ2n) is 7.87. The fourth-order valence-electron chi connectivity index (χ4n) is 4.46. The van der Waals surface area contributed by atoms with Crippen LogP contribution in [0.25, 0.3) is 11.0 Å². The number of ether oxygens (including phenoxy) is 2. The van der Waals surface area contributed by atoms with Gasteiger partial charge in [0.05, 0.1) is 27.3 Å². The van der Waals surface area contributed by atoms with Gasteiger partial charge in [-0.15, -0.1) is 0 Å². The number of methoxy groups -OCH3 is 2. The summed E-state index contributed by atoms with van der Waals surface area (Å²) in [5.41, 5.74) is 2.58. The van der Waals surface area contributed by atoms with Crippen molar-refractivity contribution in [3.8, 4) is 11.5 Å². The van der Waals surface area contributed by atoms with E-state index in [1.54, 1.807) is 31.3 Å². The topological polar surface area (TPSA) is 69.7 Å². The van der Waals surface area contributed by atoms with Crippen molar-refractivity contribution in [1.82, 2.24) is 0 Å². The molecular formula is C24H30N2O4+2. The molecule has 0 amide bonds. The molecular weight excluding hydrogens is 380 g/mol. The largest absolute Gasteiger partial charge is 0.497 e. The first kappa shape index (κ1) is 20.4. The van der Waals surface area contributed by atoms with Gasteiger partial charge in [0.25, 0.3) is 0 Å². The zero-order chi connectivity index (χ0) is 20.9. The number of fused-ring (bicyclic) bond motifs is 1. The summed E-state index contributed by atoms with van der Waals surface area (Å²) in [4.78, 5) is 13.7. The van der Waals surface area contributed by atoms with Gasteiger partial charge in [0.1, 0.15) is 30.2 Å². The molecule has 6 nitrogen and oxygen atoms in total. The number of hydrogen-bond acceptors (Lipinski definition) is 4. The van der Waals surface area contributed by atoms with Gasteiger partial charge in [-0.3, -0.25) is 0 Å². The minimum Gasteiger partial charge on any atom is -0.497 e. The van der Waals surface area contributed by atoms with E-state index in [1.807, 2.05) is 24.3 Å². The fraction of sp³-hybridized carbons (Fsp3) is 0.375. The smallest absolute Gasteiger partial charge is 0.336 e. The summed E-state index contributed by atoms with van der Waals surface area (Å²) >= 11 is 0. The maximum Gasteiger partial charge on any atom is 0.336 e. The summed E-state index contributed by atoms with van der Waals surface area (Å²) < 4.78 is 16.0. The Balaban J connectivity index is 1.52. The van der Waals surface area contributed by atoms with Crippen LogP contribution in [0.4, 0.5) is 0 Å². The molecule has 6 heteroatoms. The molecule has 2 heterocycles. The molecule has 1 fully saturated rings. The summed E-state index contributed by atoms with van der Waals surface area (Å²) in [6, 6.07) is 16.1. The standard InChI is InChI=1S/C24H28N2O4/c1-28-19-7-5-17(6-8-19)22(26-11-3-4-12-26)16-25-15-18-13-24(27)30-23-14-20(29-2)9-10-21(18)23/h5-10,13-14,22,25H,3-4,11-12,15-16H2,1-2H3/p+2/t22-/m0/s1. The lowest BCUT2D eigenvalue weighted by molar-refractivity contribution is -0.935. The van der Waals surface area contributed by atoms with Crippen LogP contribution in [0.1, 0.15) is 30.0 Å². The van der Waals surface area contributed by atoms with Crippen molar-refractivity contribution < 1.29 is 24.1 Å². The van der Waals surface area contributed by atoms with Crippen LogP contribution in [-0.2, 0) is 6.54 Å². The maximum absolute atomic E-state index is 12.1. The van der Waals surface area contributed by atoms with E-state index in [-0.39, 0.29) is 5.63 Å². The molecule has 30 heavy (non-hydrogen) atoms. The van der Waals surface area contributed by atoms with Crippen LogP contribution in [0, 0.1) is 0 Å². The van der Waals surface area contributed by atoms with Gasteiger partial charge in [0.2, 0.25) is 0 Å². The number of rotatable bonds is 8. The Hall–Kier alpha value is -2.83. The first-order chi connectivity index (χ1) is 14.7. The van der Waals surface area contributed by atoms with Crippen molar-refractivity contribution in [2.75, 3.05) is 33.9 Å². The average Bonchev–Trinajstić information content (AvgIpc) is 3.30. The molecule has 1 aliphatic heterocycles. The molecule has 158 valence electrons. The van der Waals surface area contributed by atoms with E-state index in [0.29, 0.717) is 17.4 Å². The predicted octanol–water partition coefficient (Wildman–Crippen LogP) is 1.29. The summed E-state index contributed by atoms with van der Waals surface area (Å²) in [7, 11) is 3.30. The first-order valence-electron chi connectivity index (χ1n) is 10.6. The lowest BCUT2D eigenvalue weighted by Gasteiger charge is -2.24. The quantitative estimate of drug-likeness (QED) is 0.549. The zero-order valence-corrected chi connectivity index (χ0v) is 17.6. The molecule has 0 radical (unpaired) electrons. The van der Waals surface area contributed by atoms with Crippen molar-refractivity contribution in [3.05, 3.63) is 70.1 Å². The van der Waals surface area contributed by atoms with Crippen molar-refractivity contribution in [1.29, 1.82) is 0 Å². The van der Waals surface area contributed by atoms with E-state index in [0.717, 1.165) is 29.8 Å². The van der Waals surface area contributed by atoms with Crippen LogP contribution >= 0.6 is 0 Å². The highest BCUT2D eigenvalue weighted by Crippen LogP contribution is 2.22. The van der Waals surface area contributed by atoms with E-state index in [2.05, 4.69) is 17.4 Å². The fourth-order valence-corrected chi connectivity index (χ4v) is 4.46.